The molecule has 1 saturated heterocycles. The summed E-state index contributed by atoms with van der Waals surface area (Å²) in [6, 6.07) is 10.1. The van der Waals surface area contributed by atoms with Crippen LogP contribution in [0.5, 0.6) is 0 Å². The van der Waals surface area contributed by atoms with E-state index in [1.54, 1.807) is 12.1 Å². The van der Waals surface area contributed by atoms with Crippen LogP contribution < -0.4 is 10.2 Å². The predicted octanol–water partition coefficient (Wildman–Crippen LogP) is 1.59. The summed E-state index contributed by atoms with van der Waals surface area (Å²) in [6.07, 6.45) is 0. The number of aryl methyl sites for hydroxylation is 1. The third-order valence-corrected chi connectivity index (χ3v) is 3.20. The average molecular weight is 243 g/mol. The molecule has 1 aromatic carbocycles. The molecule has 0 atom stereocenters. The molecule has 1 aliphatic heterocycles. The maximum atomic E-state index is 7.56. The third kappa shape index (κ3) is 2.11. The number of piperazine rings is 1. The van der Waals surface area contributed by atoms with Crippen LogP contribution in [0.2, 0.25) is 0 Å². The summed E-state index contributed by atoms with van der Waals surface area (Å²) in [4.78, 5) is 2.35. The van der Waals surface area contributed by atoms with E-state index >= 15 is 0 Å². The number of nitrogens with zero attached hydrogens (tertiary/aromatic N) is 3. The molecule has 1 aliphatic rings. The van der Waals surface area contributed by atoms with Gasteiger partial charge in [-0.15, -0.1) is 0 Å². The van der Waals surface area contributed by atoms with Crippen LogP contribution in [0.4, 0.5) is 5.82 Å². The van der Waals surface area contributed by atoms with Gasteiger partial charge in [-0.2, -0.15) is 5.10 Å². The van der Waals surface area contributed by atoms with Gasteiger partial charge in [0.05, 0.1) is 12.8 Å². The Labute approximate surface area is 109 Å². The Kier molecular flexibility index (Phi) is 2.72. The zero-order chi connectivity index (χ0) is 13.2. The number of para-hydroxylation sites is 1. The Balaban J connectivity index is 1.98. The Morgan fingerprint density at radius 2 is 2.00 bits per heavy atom. The summed E-state index contributed by atoms with van der Waals surface area (Å²) in [5, 5.41) is 7.94. The van der Waals surface area contributed by atoms with E-state index in [0.717, 1.165) is 43.4 Å². The van der Waals surface area contributed by atoms with E-state index in [4.69, 9.17) is 1.37 Å². The lowest BCUT2D eigenvalue weighted by molar-refractivity contribution is 0.579. The number of hydrogen-bond acceptors (Lipinski definition) is 3. The van der Waals surface area contributed by atoms with Crippen molar-refractivity contribution in [2.75, 3.05) is 31.1 Å². The fourth-order valence-electron chi connectivity index (χ4n) is 2.31. The second-order valence-corrected chi connectivity index (χ2v) is 4.55. The van der Waals surface area contributed by atoms with Crippen molar-refractivity contribution in [3.63, 3.8) is 0 Å². The van der Waals surface area contributed by atoms with Crippen LogP contribution in [0.1, 0.15) is 7.06 Å². The summed E-state index contributed by atoms with van der Waals surface area (Å²) in [5.41, 5.74) is 2.03. The molecule has 0 amide bonds. The van der Waals surface area contributed by atoms with Crippen molar-refractivity contribution in [3.05, 3.63) is 42.1 Å². The fourth-order valence-corrected chi connectivity index (χ4v) is 2.31. The van der Waals surface area contributed by atoms with E-state index in [-0.39, 0.29) is 0 Å². The monoisotopic (exact) mass is 243 g/mol. The topological polar surface area (TPSA) is 33.1 Å². The molecule has 1 N–H and O–H groups in total. The second kappa shape index (κ2) is 4.82. The van der Waals surface area contributed by atoms with Crippen LogP contribution in [-0.2, 0) is 0 Å². The highest BCUT2D eigenvalue weighted by Gasteiger charge is 2.16. The molecule has 94 valence electrons. The van der Waals surface area contributed by atoms with Gasteiger partial charge in [-0.25, -0.2) is 4.68 Å². The third-order valence-electron chi connectivity index (χ3n) is 3.20. The first kappa shape index (κ1) is 10.1. The van der Waals surface area contributed by atoms with Gasteiger partial charge in [0.2, 0.25) is 0 Å². The molecule has 0 saturated carbocycles. The molecule has 0 bridgehead atoms. The molecule has 0 radical (unpaired) electrons. The van der Waals surface area contributed by atoms with Crippen molar-refractivity contribution < 1.29 is 1.37 Å². The molecule has 0 unspecified atom stereocenters. The van der Waals surface area contributed by atoms with Crippen LogP contribution >= 0.6 is 0 Å². The van der Waals surface area contributed by atoms with Crippen molar-refractivity contribution >= 4 is 5.82 Å². The maximum Gasteiger partial charge on any atom is 0.132 e. The Bertz CT molecular complexity index is 555. The molecule has 18 heavy (non-hydrogen) atoms. The molecule has 4 nitrogen and oxygen atoms in total. The van der Waals surface area contributed by atoms with Gasteiger partial charge >= 0.3 is 0 Å². The number of aromatic nitrogens is 2. The predicted molar refractivity (Wildman–Crippen MR) is 73.4 cm³/mol. The molecule has 0 spiro atoms. The molecular formula is C14H18N4. The summed E-state index contributed by atoms with van der Waals surface area (Å²) in [6.45, 7) is 6.04. The number of rotatable bonds is 2. The van der Waals surface area contributed by atoms with Gasteiger partial charge in [0.15, 0.2) is 0 Å². The SMILES string of the molecule is [2H]c1ccc(-n2nc(C)cc2N2CCNCC2)cc1. The van der Waals surface area contributed by atoms with Crippen molar-refractivity contribution in [2.24, 2.45) is 0 Å². The van der Waals surface area contributed by atoms with Crippen molar-refractivity contribution in [2.45, 2.75) is 6.92 Å². The number of anilines is 1. The molecular weight excluding hydrogens is 224 g/mol. The molecule has 3 rings (SSSR count). The van der Waals surface area contributed by atoms with E-state index in [9.17, 15) is 0 Å². The smallest absolute Gasteiger partial charge is 0.132 e. The standard InChI is InChI=1S/C14H18N4/c1-12-11-14(17-9-7-15-8-10-17)18(16-12)13-5-3-2-4-6-13/h2-6,11,15H,7-10H2,1H3/i2D. The lowest BCUT2D eigenvalue weighted by Crippen LogP contribution is -2.44. The molecule has 1 aromatic heterocycles. The first-order chi connectivity index (χ1) is 9.24. The molecule has 0 aliphatic carbocycles. The van der Waals surface area contributed by atoms with Crippen molar-refractivity contribution in [1.82, 2.24) is 15.1 Å². The number of hydrogen-bond donors (Lipinski definition) is 1. The summed E-state index contributed by atoms with van der Waals surface area (Å²) in [5.74, 6) is 1.14. The van der Waals surface area contributed by atoms with E-state index in [1.165, 1.54) is 0 Å². The van der Waals surface area contributed by atoms with E-state index in [1.807, 2.05) is 23.7 Å². The van der Waals surface area contributed by atoms with E-state index in [2.05, 4.69) is 21.4 Å². The largest absolute Gasteiger partial charge is 0.354 e. The highest BCUT2D eigenvalue weighted by atomic mass is 15.4. The minimum Gasteiger partial charge on any atom is -0.354 e. The van der Waals surface area contributed by atoms with Gasteiger partial charge in [0.25, 0.3) is 0 Å². The van der Waals surface area contributed by atoms with Crippen LogP contribution in [0.3, 0.4) is 0 Å². The number of nitrogens with one attached hydrogen (secondary N) is 1. The Morgan fingerprint density at radius 3 is 2.72 bits per heavy atom. The highest BCUT2D eigenvalue weighted by molar-refractivity contribution is 5.48. The van der Waals surface area contributed by atoms with Gasteiger partial charge in [-0.1, -0.05) is 18.2 Å². The molecule has 2 heterocycles. The normalized spacial score (nSPS) is 16.7. The summed E-state index contributed by atoms with van der Waals surface area (Å²) < 4.78 is 9.53. The van der Waals surface area contributed by atoms with Crippen LogP contribution in [-0.4, -0.2) is 36.0 Å². The summed E-state index contributed by atoms with van der Waals surface area (Å²) in [7, 11) is 0. The van der Waals surface area contributed by atoms with Crippen molar-refractivity contribution in [3.8, 4) is 5.69 Å². The van der Waals surface area contributed by atoms with Gasteiger partial charge in [-0.3, -0.25) is 0 Å². The molecule has 4 heteroatoms. The van der Waals surface area contributed by atoms with Gasteiger partial charge < -0.3 is 10.2 Å². The zero-order valence-corrected chi connectivity index (χ0v) is 10.6. The van der Waals surface area contributed by atoms with Crippen LogP contribution in [0, 0.1) is 6.92 Å². The van der Waals surface area contributed by atoms with Crippen LogP contribution in [0.15, 0.2) is 36.4 Å². The van der Waals surface area contributed by atoms with E-state index < -0.39 is 0 Å². The van der Waals surface area contributed by atoms with Gasteiger partial charge in [0, 0.05) is 32.2 Å². The summed E-state index contributed by atoms with van der Waals surface area (Å²) >= 11 is 0. The average Bonchev–Trinajstić information content (AvgIpc) is 2.83. The van der Waals surface area contributed by atoms with E-state index in [0.29, 0.717) is 6.04 Å². The van der Waals surface area contributed by atoms with Crippen LogP contribution in [0.25, 0.3) is 5.69 Å². The fraction of sp³-hybridized carbons (Fsp3) is 0.357. The zero-order valence-electron chi connectivity index (χ0n) is 11.6. The quantitative estimate of drug-likeness (QED) is 0.869. The molecule has 1 fully saturated rings. The first-order valence-corrected chi connectivity index (χ1v) is 6.33. The van der Waals surface area contributed by atoms with Crippen molar-refractivity contribution in [1.29, 1.82) is 0 Å². The highest BCUT2D eigenvalue weighted by Crippen LogP contribution is 2.21. The Morgan fingerprint density at radius 1 is 1.28 bits per heavy atom. The number of benzene rings is 1. The van der Waals surface area contributed by atoms with Gasteiger partial charge in [-0.05, 0) is 19.1 Å². The van der Waals surface area contributed by atoms with Gasteiger partial charge in [0.1, 0.15) is 5.82 Å². The minimum absolute atomic E-state index is 0.524. The lowest BCUT2D eigenvalue weighted by Gasteiger charge is -2.29. The minimum atomic E-state index is 0.524. The second-order valence-electron chi connectivity index (χ2n) is 4.55. The maximum absolute atomic E-state index is 7.56. The molecule has 2 aromatic rings. The first-order valence-electron chi connectivity index (χ1n) is 6.83. The Hall–Kier alpha value is -1.81. The lowest BCUT2D eigenvalue weighted by atomic mass is 10.3.